The highest BCUT2D eigenvalue weighted by Crippen LogP contribution is 2.24. The first-order chi connectivity index (χ1) is 10.1. The number of thiocarbonyl (C=S) groups is 1. The van der Waals surface area contributed by atoms with Crippen LogP contribution in [0, 0.1) is 6.92 Å². The van der Waals surface area contributed by atoms with Crippen molar-refractivity contribution < 1.29 is 9.84 Å². The van der Waals surface area contributed by atoms with Gasteiger partial charge in [0, 0.05) is 5.69 Å². The van der Waals surface area contributed by atoms with Gasteiger partial charge in [0.25, 0.3) is 0 Å². The fourth-order valence-electron chi connectivity index (χ4n) is 1.84. The predicted molar refractivity (Wildman–Crippen MR) is 90.3 cm³/mol. The number of nitrogens with one attached hydrogen (secondary N) is 2. The first-order valence-electron chi connectivity index (χ1n) is 6.69. The molecule has 5 heteroatoms. The van der Waals surface area contributed by atoms with Crippen molar-refractivity contribution in [3.05, 3.63) is 48.0 Å². The van der Waals surface area contributed by atoms with E-state index in [1.165, 1.54) is 0 Å². The molecule has 4 nitrogen and oxygen atoms in total. The highest BCUT2D eigenvalue weighted by Gasteiger charge is 2.04. The van der Waals surface area contributed by atoms with Crippen LogP contribution < -0.4 is 15.4 Å². The monoisotopic (exact) mass is 302 g/mol. The molecule has 0 fully saturated rings. The molecule has 2 rings (SSSR count). The predicted octanol–water partition coefficient (Wildman–Crippen LogP) is 3.91. The zero-order chi connectivity index (χ0) is 15.2. The SMILES string of the molecule is CCOc1ccc(NC(=S)Nc2cc(C)ccc2O)cc1. The number of hydrogen-bond donors (Lipinski definition) is 3. The fraction of sp³-hybridized carbons (Fsp3) is 0.188. The molecule has 0 heterocycles. The van der Waals surface area contributed by atoms with E-state index >= 15 is 0 Å². The van der Waals surface area contributed by atoms with E-state index < -0.39 is 0 Å². The molecular formula is C16H18N2O2S. The van der Waals surface area contributed by atoms with Crippen LogP contribution in [0.1, 0.15) is 12.5 Å². The van der Waals surface area contributed by atoms with Crippen molar-refractivity contribution in [3.8, 4) is 11.5 Å². The quantitative estimate of drug-likeness (QED) is 0.590. The lowest BCUT2D eigenvalue weighted by Gasteiger charge is -2.12. The molecule has 3 N–H and O–H groups in total. The smallest absolute Gasteiger partial charge is 0.175 e. The zero-order valence-electron chi connectivity index (χ0n) is 12.0. The van der Waals surface area contributed by atoms with Crippen LogP contribution in [0.15, 0.2) is 42.5 Å². The number of anilines is 2. The third kappa shape index (κ3) is 4.36. The topological polar surface area (TPSA) is 53.5 Å². The summed E-state index contributed by atoms with van der Waals surface area (Å²) in [5, 5.41) is 16.2. The Morgan fingerprint density at radius 3 is 2.52 bits per heavy atom. The minimum atomic E-state index is 0.163. The highest BCUT2D eigenvalue weighted by atomic mass is 32.1. The Morgan fingerprint density at radius 2 is 1.86 bits per heavy atom. The van der Waals surface area contributed by atoms with Crippen LogP contribution in [0.3, 0.4) is 0 Å². The van der Waals surface area contributed by atoms with Crippen molar-refractivity contribution in [1.29, 1.82) is 0 Å². The molecule has 0 spiro atoms. The minimum absolute atomic E-state index is 0.163. The first-order valence-corrected chi connectivity index (χ1v) is 7.10. The molecule has 0 aliphatic rings. The minimum Gasteiger partial charge on any atom is -0.506 e. The van der Waals surface area contributed by atoms with Crippen LogP contribution in [0.25, 0.3) is 0 Å². The van der Waals surface area contributed by atoms with Gasteiger partial charge in [-0.25, -0.2) is 0 Å². The molecule has 0 aliphatic heterocycles. The molecule has 2 aromatic rings. The van der Waals surface area contributed by atoms with Crippen molar-refractivity contribution in [2.75, 3.05) is 17.2 Å². The molecule has 0 unspecified atom stereocenters. The summed E-state index contributed by atoms with van der Waals surface area (Å²) in [6, 6.07) is 12.8. The lowest BCUT2D eigenvalue weighted by atomic mass is 10.2. The molecule has 0 aliphatic carbocycles. The largest absolute Gasteiger partial charge is 0.506 e. The van der Waals surface area contributed by atoms with Gasteiger partial charge >= 0.3 is 0 Å². The molecule has 110 valence electrons. The molecular weight excluding hydrogens is 284 g/mol. The lowest BCUT2D eigenvalue weighted by molar-refractivity contribution is 0.340. The van der Waals surface area contributed by atoms with Gasteiger partial charge in [-0.2, -0.15) is 0 Å². The molecule has 21 heavy (non-hydrogen) atoms. The molecule has 0 radical (unpaired) electrons. The number of hydrogen-bond acceptors (Lipinski definition) is 3. The second kappa shape index (κ2) is 6.95. The van der Waals surface area contributed by atoms with Gasteiger partial charge in [0.2, 0.25) is 0 Å². The number of benzene rings is 2. The van der Waals surface area contributed by atoms with E-state index in [-0.39, 0.29) is 5.75 Å². The summed E-state index contributed by atoms with van der Waals surface area (Å²) in [4.78, 5) is 0. The van der Waals surface area contributed by atoms with Gasteiger partial charge in [-0.15, -0.1) is 0 Å². The van der Waals surface area contributed by atoms with Gasteiger partial charge in [-0.1, -0.05) is 6.07 Å². The van der Waals surface area contributed by atoms with Gasteiger partial charge < -0.3 is 20.5 Å². The van der Waals surface area contributed by atoms with E-state index in [0.29, 0.717) is 17.4 Å². The summed E-state index contributed by atoms with van der Waals surface area (Å²) < 4.78 is 5.38. The summed E-state index contributed by atoms with van der Waals surface area (Å²) in [5.74, 6) is 0.981. The van der Waals surface area contributed by atoms with E-state index in [0.717, 1.165) is 17.0 Å². The number of ether oxygens (including phenoxy) is 1. The Morgan fingerprint density at radius 1 is 1.14 bits per heavy atom. The second-order valence-electron chi connectivity index (χ2n) is 4.56. The van der Waals surface area contributed by atoms with Crippen LogP contribution in [0.2, 0.25) is 0 Å². The summed E-state index contributed by atoms with van der Waals surface area (Å²) in [6.45, 7) is 4.53. The van der Waals surface area contributed by atoms with Gasteiger partial charge in [0.15, 0.2) is 5.11 Å². The summed E-state index contributed by atoms with van der Waals surface area (Å²) in [5.41, 5.74) is 2.47. The fourth-order valence-corrected chi connectivity index (χ4v) is 2.06. The van der Waals surface area contributed by atoms with Crippen molar-refractivity contribution in [2.45, 2.75) is 13.8 Å². The van der Waals surface area contributed by atoms with Gasteiger partial charge in [0.1, 0.15) is 11.5 Å². The lowest BCUT2D eigenvalue weighted by Crippen LogP contribution is -2.19. The van der Waals surface area contributed by atoms with Crippen LogP contribution in [-0.2, 0) is 0 Å². The summed E-state index contributed by atoms with van der Waals surface area (Å²) in [6.07, 6.45) is 0. The van der Waals surface area contributed by atoms with Gasteiger partial charge in [0.05, 0.1) is 12.3 Å². The number of aryl methyl sites for hydroxylation is 1. The van der Waals surface area contributed by atoms with Crippen LogP contribution in [0.5, 0.6) is 11.5 Å². The van der Waals surface area contributed by atoms with Gasteiger partial charge in [-0.05, 0) is 68.0 Å². The number of rotatable bonds is 4. The Labute approximate surface area is 129 Å². The Hall–Kier alpha value is -2.27. The number of aromatic hydroxyl groups is 1. The van der Waals surface area contributed by atoms with Crippen LogP contribution in [0.4, 0.5) is 11.4 Å². The van der Waals surface area contributed by atoms with Crippen LogP contribution in [-0.4, -0.2) is 16.8 Å². The van der Waals surface area contributed by atoms with E-state index in [9.17, 15) is 5.11 Å². The standard InChI is InChI=1S/C16H18N2O2S/c1-3-20-13-7-5-12(6-8-13)17-16(21)18-14-10-11(2)4-9-15(14)19/h4-10,19H,3H2,1-2H3,(H2,17,18,21). The van der Waals surface area contributed by atoms with Crippen LogP contribution >= 0.6 is 12.2 Å². The van der Waals surface area contributed by atoms with Crippen molar-refractivity contribution in [3.63, 3.8) is 0 Å². The maximum Gasteiger partial charge on any atom is 0.175 e. The second-order valence-corrected chi connectivity index (χ2v) is 4.97. The van der Waals surface area contributed by atoms with Crippen molar-refractivity contribution in [2.24, 2.45) is 0 Å². The highest BCUT2D eigenvalue weighted by molar-refractivity contribution is 7.80. The summed E-state index contributed by atoms with van der Waals surface area (Å²) >= 11 is 5.24. The Kier molecular flexibility index (Phi) is 5.00. The Bertz CT molecular complexity index is 627. The maximum atomic E-state index is 9.78. The van der Waals surface area contributed by atoms with E-state index in [2.05, 4.69) is 10.6 Å². The maximum absolute atomic E-state index is 9.78. The van der Waals surface area contributed by atoms with E-state index in [1.54, 1.807) is 6.07 Å². The molecule has 0 atom stereocenters. The first kappa shape index (κ1) is 15.1. The van der Waals surface area contributed by atoms with E-state index in [1.807, 2.05) is 50.2 Å². The molecule has 0 amide bonds. The third-order valence-corrected chi connectivity index (χ3v) is 3.03. The molecule has 0 saturated heterocycles. The normalized spacial score (nSPS) is 10.0. The molecule has 0 saturated carbocycles. The number of phenolic OH excluding ortho intramolecular Hbond substituents is 1. The number of phenols is 1. The molecule has 2 aromatic carbocycles. The summed E-state index contributed by atoms with van der Waals surface area (Å²) in [7, 11) is 0. The van der Waals surface area contributed by atoms with Crippen molar-refractivity contribution in [1.82, 2.24) is 0 Å². The van der Waals surface area contributed by atoms with Crippen molar-refractivity contribution >= 4 is 28.7 Å². The Balaban J connectivity index is 1.99. The average molecular weight is 302 g/mol. The van der Waals surface area contributed by atoms with Gasteiger partial charge in [-0.3, -0.25) is 0 Å². The average Bonchev–Trinajstić information content (AvgIpc) is 2.45. The van der Waals surface area contributed by atoms with E-state index in [4.69, 9.17) is 17.0 Å². The molecule has 0 bridgehead atoms. The molecule has 0 aromatic heterocycles. The third-order valence-electron chi connectivity index (χ3n) is 2.82. The zero-order valence-corrected chi connectivity index (χ0v) is 12.8.